The molecule has 13 heteroatoms. The highest BCUT2D eigenvalue weighted by Gasteiger charge is 2.47. The minimum Gasteiger partial charge on any atom is -0.475 e. The lowest BCUT2D eigenvalue weighted by atomic mass is 9.88. The lowest BCUT2D eigenvalue weighted by molar-refractivity contribution is -0.192. The number of carbonyl (C=O) groups excluding carboxylic acids is 1. The maximum atomic E-state index is 13.7. The van der Waals surface area contributed by atoms with Gasteiger partial charge in [-0.15, -0.1) is 0 Å². The molecule has 2 N–H and O–H groups in total. The summed E-state index contributed by atoms with van der Waals surface area (Å²) < 4.78 is 53.7. The first-order chi connectivity index (χ1) is 15.9. The molecular formula is C21H23ClF4N4O4. The number of nitrogens with zero attached hydrogens (tertiary/aromatic N) is 3. The molecule has 1 unspecified atom stereocenters. The van der Waals surface area contributed by atoms with Crippen LogP contribution in [0, 0.1) is 5.82 Å². The normalized spacial score (nSPS) is 19.6. The van der Waals surface area contributed by atoms with E-state index in [1.807, 2.05) is 16.8 Å². The van der Waals surface area contributed by atoms with E-state index in [2.05, 4.69) is 15.2 Å². The number of carbonyl (C=O) groups is 2. The van der Waals surface area contributed by atoms with Crippen molar-refractivity contribution in [3.8, 4) is 0 Å². The predicted octanol–water partition coefficient (Wildman–Crippen LogP) is 2.95. The maximum Gasteiger partial charge on any atom is 0.490 e. The summed E-state index contributed by atoms with van der Waals surface area (Å²) in [4.78, 5) is 27.8. The first-order valence-corrected chi connectivity index (χ1v) is 10.7. The second-order valence-corrected chi connectivity index (χ2v) is 8.35. The molecule has 3 heterocycles. The Kier molecular flexibility index (Phi) is 7.84. The van der Waals surface area contributed by atoms with Gasteiger partial charge in [0.1, 0.15) is 17.2 Å². The number of alkyl halides is 3. The summed E-state index contributed by atoms with van der Waals surface area (Å²) in [5.74, 6) is -2.38. The van der Waals surface area contributed by atoms with Gasteiger partial charge < -0.3 is 19.7 Å². The first kappa shape index (κ1) is 25.9. The molecule has 34 heavy (non-hydrogen) atoms. The van der Waals surface area contributed by atoms with Gasteiger partial charge in [0.25, 0.3) is 5.91 Å². The number of nitrogens with one attached hydrogen (secondary N) is 1. The number of imidazole rings is 1. The van der Waals surface area contributed by atoms with Crippen LogP contribution in [0.25, 0.3) is 0 Å². The largest absolute Gasteiger partial charge is 0.490 e. The van der Waals surface area contributed by atoms with E-state index in [4.69, 9.17) is 26.2 Å². The third-order valence-electron chi connectivity index (χ3n) is 5.69. The number of carboxylic acid groups (broad SMARTS) is 1. The predicted molar refractivity (Wildman–Crippen MR) is 112 cm³/mol. The van der Waals surface area contributed by atoms with E-state index >= 15 is 0 Å². The number of amides is 1. The summed E-state index contributed by atoms with van der Waals surface area (Å²) >= 11 is 5.76. The van der Waals surface area contributed by atoms with E-state index < -0.39 is 29.7 Å². The zero-order valence-corrected chi connectivity index (χ0v) is 18.9. The fraction of sp³-hybridized carbons (Fsp3) is 0.476. The summed E-state index contributed by atoms with van der Waals surface area (Å²) in [7, 11) is 1.62. The Balaban J connectivity index is 0.000000406. The molecule has 0 aliphatic carbocycles. The molecule has 8 nitrogen and oxygen atoms in total. The number of rotatable bonds is 3. The number of ether oxygens (including phenoxy) is 1. The smallest absolute Gasteiger partial charge is 0.475 e. The molecule has 1 saturated heterocycles. The van der Waals surface area contributed by atoms with Crippen LogP contribution in [-0.4, -0.2) is 63.9 Å². The number of aromatic nitrogens is 2. The number of likely N-dealkylation sites (N-methyl/N-ethyl adjacent to an activating group) is 1. The average molecular weight is 507 g/mol. The lowest BCUT2D eigenvalue weighted by Crippen LogP contribution is -2.53. The molecule has 1 fully saturated rings. The van der Waals surface area contributed by atoms with Gasteiger partial charge in [-0.1, -0.05) is 17.7 Å². The Hall–Kier alpha value is -2.70. The minimum absolute atomic E-state index is 0.118. The molecule has 2 aromatic rings. The summed E-state index contributed by atoms with van der Waals surface area (Å²) in [6.45, 7) is 2.68. The van der Waals surface area contributed by atoms with Crippen molar-refractivity contribution in [3.05, 3.63) is 52.8 Å². The molecule has 1 atom stereocenters. The van der Waals surface area contributed by atoms with Crippen molar-refractivity contribution < 1.29 is 37.0 Å². The highest BCUT2D eigenvalue weighted by Crippen LogP contribution is 2.40. The Bertz CT molecular complexity index is 1040. The van der Waals surface area contributed by atoms with Crippen LogP contribution in [0.15, 0.2) is 30.6 Å². The SMILES string of the molecule is CNC(=O)C1Cn2ccnc2C2(CCN(Cc3ccc(Cl)c(F)c3)CC2)O1.O=C(O)C(F)(F)F. The number of fused-ring (bicyclic) bond motifs is 2. The van der Waals surface area contributed by atoms with Gasteiger partial charge in [-0.3, -0.25) is 9.69 Å². The Labute approximate surface area is 197 Å². The van der Waals surface area contributed by atoms with Gasteiger partial charge in [-0.2, -0.15) is 13.2 Å². The molecule has 1 amide bonds. The number of hydrogen-bond acceptors (Lipinski definition) is 5. The molecule has 2 aliphatic rings. The van der Waals surface area contributed by atoms with Crippen LogP contribution in [0.4, 0.5) is 17.6 Å². The Morgan fingerprint density at radius 3 is 2.53 bits per heavy atom. The number of benzene rings is 1. The van der Waals surface area contributed by atoms with Crippen molar-refractivity contribution in [1.82, 2.24) is 19.8 Å². The zero-order chi connectivity index (χ0) is 25.1. The van der Waals surface area contributed by atoms with Gasteiger partial charge in [0, 0.05) is 39.1 Å². The number of piperidine rings is 1. The third kappa shape index (κ3) is 5.86. The summed E-state index contributed by atoms with van der Waals surface area (Å²) in [6.07, 6.45) is -0.483. The van der Waals surface area contributed by atoms with E-state index in [0.29, 0.717) is 13.1 Å². The van der Waals surface area contributed by atoms with Crippen molar-refractivity contribution in [2.75, 3.05) is 20.1 Å². The van der Waals surface area contributed by atoms with Crippen LogP contribution in [0.5, 0.6) is 0 Å². The standard InChI is InChI=1S/C19H22ClFN4O2.C2HF3O2/c1-22-17(26)16-12-25-9-6-23-18(25)19(27-16)4-7-24(8-5-19)11-13-2-3-14(20)15(21)10-13;3-2(4,5)1(6)7/h2-3,6,9-10,16H,4-5,7-8,11-12H2,1H3,(H,22,26);(H,6,7). The van der Waals surface area contributed by atoms with Crippen LogP contribution < -0.4 is 5.32 Å². The van der Waals surface area contributed by atoms with Crippen molar-refractivity contribution in [3.63, 3.8) is 0 Å². The first-order valence-electron chi connectivity index (χ1n) is 10.3. The van der Waals surface area contributed by atoms with Crippen molar-refractivity contribution in [1.29, 1.82) is 0 Å². The van der Waals surface area contributed by atoms with Gasteiger partial charge in [0.2, 0.25) is 0 Å². The number of halogens is 5. The van der Waals surface area contributed by atoms with Crippen molar-refractivity contribution in [2.24, 2.45) is 0 Å². The molecule has 1 spiro atoms. The molecule has 1 aromatic heterocycles. The molecule has 0 bridgehead atoms. The average Bonchev–Trinajstić information content (AvgIpc) is 3.27. The number of hydrogen-bond donors (Lipinski definition) is 2. The molecule has 0 saturated carbocycles. The van der Waals surface area contributed by atoms with E-state index in [-0.39, 0.29) is 10.9 Å². The quantitative estimate of drug-likeness (QED) is 0.621. The van der Waals surface area contributed by atoms with E-state index in [1.165, 1.54) is 6.07 Å². The molecule has 4 rings (SSSR count). The van der Waals surface area contributed by atoms with Gasteiger partial charge in [0.05, 0.1) is 11.6 Å². The molecular weight excluding hydrogens is 484 g/mol. The zero-order valence-electron chi connectivity index (χ0n) is 18.1. The highest BCUT2D eigenvalue weighted by atomic mass is 35.5. The molecule has 2 aliphatic heterocycles. The van der Waals surface area contributed by atoms with Gasteiger partial charge in [-0.05, 0) is 30.5 Å². The number of likely N-dealkylation sites (tertiary alicyclic amines) is 1. The molecule has 1 aromatic carbocycles. The Morgan fingerprint density at radius 1 is 1.32 bits per heavy atom. The minimum atomic E-state index is -5.08. The number of carboxylic acids is 1. The number of aliphatic carboxylic acids is 1. The Morgan fingerprint density at radius 2 is 1.97 bits per heavy atom. The molecule has 186 valence electrons. The fourth-order valence-electron chi connectivity index (χ4n) is 4.00. The van der Waals surface area contributed by atoms with Gasteiger partial charge >= 0.3 is 12.1 Å². The van der Waals surface area contributed by atoms with Crippen LogP contribution in [0.1, 0.15) is 24.2 Å². The van der Waals surface area contributed by atoms with E-state index in [1.54, 1.807) is 19.3 Å². The highest BCUT2D eigenvalue weighted by molar-refractivity contribution is 6.30. The van der Waals surface area contributed by atoms with E-state index in [0.717, 1.165) is 37.3 Å². The van der Waals surface area contributed by atoms with Crippen LogP contribution in [0.2, 0.25) is 5.02 Å². The van der Waals surface area contributed by atoms with Gasteiger partial charge in [-0.25, -0.2) is 14.2 Å². The van der Waals surface area contributed by atoms with Crippen molar-refractivity contribution in [2.45, 2.75) is 43.8 Å². The second kappa shape index (κ2) is 10.3. The van der Waals surface area contributed by atoms with Crippen LogP contribution in [0.3, 0.4) is 0 Å². The summed E-state index contributed by atoms with van der Waals surface area (Å²) in [5, 5.41) is 9.94. The van der Waals surface area contributed by atoms with Crippen LogP contribution >= 0.6 is 11.6 Å². The van der Waals surface area contributed by atoms with E-state index in [9.17, 15) is 22.4 Å². The maximum absolute atomic E-state index is 13.7. The van der Waals surface area contributed by atoms with Crippen molar-refractivity contribution >= 4 is 23.5 Å². The molecule has 0 radical (unpaired) electrons. The second-order valence-electron chi connectivity index (χ2n) is 7.95. The third-order valence-corrected chi connectivity index (χ3v) is 6.00. The fourth-order valence-corrected chi connectivity index (χ4v) is 4.12. The summed E-state index contributed by atoms with van der Waals surface area (Å²) in [5.41, 5.74) is 0.336. The lowest BCUT2D eigenvalue weighted by Gasteiger charge is -2.45. The van der Waals surface area contributed by atoms with Gasteiger partial charge in [0.15, 0.2) is 6.10 Å². The monoisotopic (exact) mass is 506 g/mol. The topological polar surface area (TPSA) is 96.7 Å². The summed E-state index contributed by atoms with van der Waals surface area (Å²) in [6, 6.07) is 4.92. The van der Waals surface area contributed by atoms with Crippen LogP contribution in [-0.2, 0) is 33.0 Å².